The Morgan fingerprint density at radius 1 is 1.50 bits per heavy atom. The van der Waals surface area contributed by atoms with E-state index >= 15 is 0 Å². The van der Waals surface area contributed by atoms with Gasteiger partial charge in [0, 0.05) is 26.3 Å². The molecule has 0 fully saturated rings. The van der Waals surface area contributed by atoms with Crippen LogP contribution in [0.4, 0.5) is 11.8 Å². The summed E-state index contributed by atoms with van der Waals surface area (Å²) >= 11 is 5.78. The molecule has 0 amide bonds. The van der Waals surface area contributed by atoms with Crippen molar-refractivity contribution in [3.05, 3.63) is 11.2 Å². The Morgan fingerprint density at radius 2 is 2.25 bits per heavy atom. The van der Waals surface area contributed by atoms with E-state index in [4.69, 9.17) is 27.2 Å². The summed E-state index contributed by atoms with van der Waals surface area (Å²) in [4.78, 5) is 9.64. The van der Waals surface area contributed by atoms with E-state index in [0.717, 1.165) is 0 Å². The number of ether oxygens (including phenoxy) is 1. The highest BCUT2D eigenvalue weighted by Crippen LogP contribution is 2.16. The van der Waals surface area contributed by atoms with Gasteiger partial charge in [0.15, 0.2) is 0 Å². The molecule has 7 heteroatoms. The van der Waals surface area contributed by atoms with Crippen molar-refractivity contribution < 1.29 is 9.84 Å². The lowest BCUT2D eigenvalue weighted by atomic mass is 10.4. The quantitative estimate of drug-likeness (QED) is 0.696. The first-order valence-electron chi connectivity index (χ1n) is 4.82. The van der Waals surface area contributed by atoms with Gasteiger partial charge in [0.25, 0.3) is 0 Å². The van der Waals surface area contributed by atoms with Gasteiger partial charge in [-0.05, 0) is 0 Å². The molecule has 0 saturated carbocycles. The van der Waals surface area contributed by atoms with E-state index in [0.29, 0.717) is 25.5 Å². The van der Waals surface area contributed by atoms with Gasteiger partial charge in [0.1, 0.15) is 11.0 Å². The number of halogens is 1. The van der Waals surface area contributed by atoms with Crippen molar-refractivity contribution in [1.82, 2.24) is 9.97 Å². The number of methoxy groups -OCH3 is 1. The first-order valence-corrected chi connectivity index (χ1v) is 5.20. The molecule has 3 N–H and O–H groups in total. The maximum Gasteiger partial charge on any atom is 0.223 e. The molecule has 1 aromatic rings. The molecular weight excluding hydrogens is 232 g/mol. The van der Waals surface area contributed by atoms with E-state index < -0.39 is 0 Å². The lowest BCUT2D eigenvalue weighted by Crippen LogP contribution is -2.31. The molecule has 1 heterocycles. The number of nitrogen functional groups attached to an aromatic ring is 1. The van der Waals surface area contributed by atoms with Crippen LogP contribution in [0, 0.1) is 0 Å². The highest BCUT2D eigenvalue weighted by molar-refractivity contribution is 6.29. The molecular formula is C9H15ClN4O2. The fourth-order valence-corrected chi connectivity index (χ4v) is 1.43. The summed E-state index contributed by atoms with van der Waals surface area (Å²) in [6.07, 6.45) is 0. The van der Waals surface area contributed by atoms with E-state index in [1.807, 2.05) is 4.90 Å². The monoisotopic (exact) mass is 246 g/mol. The van der Waals surface area contributed by atoms with E-state index in [-0.39, 0.29) is 17.7 Å². The fraction of sp³-hybridized carbons (Fsp3) is 0.556. The number of nitrogens with zero attached hydrogens (tertiary/aromatic N) is 3. The molecule has 0 spiro atoms. The normalized spacial score (nSPS) is 10.4. The first kappa shape index (κ1) is 13.0. The van der Waals surface area contributed by atoms with Crippen molar-refractivity contribution in [3.8, 4) is 0 Å². The van der Waals surface area contributed by atoms with Gasteiger partial charge in [-0.25, -0.2) is 4.98 Å². The third kappa shape index (κ3) is 3.80. The molecule has 0 aliphatic rings. The molecule has 0 unspecified atom stereocenters. The average Bonchev–Trinajstić information content (AvgIpc) is 2.22. The Labute approximate surface area is 99.0 Å². The zero-order chi connectivity index (χ0) is 12.0. The van der Waals surface area contributed by atoms with Crippen molar-refractivity contribution in [2.45, 2.75) is 0 Å². The van der Waals surface area contributed by atoms with Gasteiger partial charge in [0.2, 0.25) is 5.95 Å². The van der Waals surface area contributed by atoms with Crippen LogP contribution in [0.15, 0.2) is 6.07 Å². The van der Waals surface area contributed by atoms with Gasteiger partial charge in [-0.1, -0.05) is 11.6 Å². The number of nitrogens with two attached hydrogens (primary N) is 1. The summed E-state index contributed by atoms with van der Waals surface area (Å²) < 4.78 is 4.97. The third-order valence-electron chi connectivity index (χ3n) is 1.96. The predicted molar refractivity (Wildman–Crippen MR) is 62.6 cm³/mol. The smallest absolute Gasteiger partial charge is 0.223 e. The van der Waals surface area contributed by atoms with Gasteiger partial charge >= 0.3 is 0 Å². The number of hydrogen-bond acceptors (Lipinski definition) is 6. The number of rotatable bonds is 6. The van der Waals surface area contributed by atoms with Crippen molar-refractivity contribution in [2.75, 3.05) is 44.0 Å². The maximum atomic E-state index is 8.95. The lowest BCUT2D eigenvalue weighted by Gasteiger charge is -2.22. The third-order valence-corrected chi connectivity index (χ3v) is 2.15. The average molecular weight is 247 g/mol. The molecule has 90 valence electrons. The number of anilines is 2. The van der Waals surface area contributed by atoms with E-state index in [2.05, 4.69) is 9.97 Å². The Hall–Kier alpha value is -1.11. The van der Waals surface area contributed by atoms with Crippen LogP contribution < -0.4 is 10.6 Å². The summed E-state index contributed by atoms with van der Waals surface area (Å²) in [7, 11) is 1.61. The van der Waals surface area contributed by atoms with Crippen LogP contribution in [-0.4, -0.2) is 48.5 Å². The number of aromatic nitrogens is 2. The van der Waals surface area contributed by atoms with Crippen molar-refractivity contribution in [1.29, 1.82) is 0 Å². The molecule has 0 saturated heterocycles. The zero-order valence-corrected chi connectivity index (χ0v) is 9.81. The van der Waals surface area contributed by atoms with Gasteiger partial charge in [0.05, 0.1) is 13.2 Å². The standard InChI is InChI=1S/C9H15ClN4O2/c1-16-5-3-14(2-4-15)8-6-7(10)12-9(11)13-8/h6,15H,2-5H2,1H3,(H2,11,12,13). The van der Waals surface area contributed by atoms with Gasteiger partial charge in [-0.3, -0.25) is 0 Å². The van der Waals surface area contributed by atoms with Crippen LogP contribution in [0.2, 0.25) is 5.15 Å². The number of hydrogen-bond donors (Lipinski definition) is 2. The van der Waals surface area contributed by atoms with E-state index in [1.165, 1.54) is 0 Å². The second kappa shape index (κ2) is 6.47. The highest BCUT2D eigenvalue weighted by atomic mass is 35.5. The van der Waals surface area contributed by atoms with Crippen molar-refractivity contribution >= 4 is 23.4 Å². The van der Waals surface area contributed by atoms with Gasteiger partial charge < -0.3 is 20.5 Å². The molecule has 1 rings (SSSR count). The number of aliphatic hydroxyl groups excluding tert-OH is 1. The fourth-order valence-electron chi connectivity index (χ4n) is 1.25. The molecule has 0 bridgehead atoms. The second-order valence-corrected chi connectivity index (χ2v) is 3.50. The van der Waals surface area contributed by atoms with Crippen LogP contribution >= 0.6 is 11.6 Å². The molecule has 0 aromatic carbocycles. The predicted octanol–water partition coefficient (Wildman–Crippen LogP) is 0.157. The molecule has 1 aromatic heterocycles. The Morgan fingerprint density at radius 3 is 2.81 bits per heavy atom. The highest BCUT2D eigenvalue weighted by Gasteiger charge is 2.09. The second-order valence-electron chi connectivity index (χ2n) is 3.11. The largest absolute Gasteiger partial charge is 0.395 e. The van der Waals surface area contributed by atoms with E-state index in [1.54, 1.807) is 13.2 Å². The Kier molecular flexibility index (Phi) is 5.24. The topological polar surface area (TPSA) is 84.5 Å². The first-order chi connectivity index (χ1) is 7.67. The summed E-state index contributed by atoms with van der Waals surface area (Å²) in [5.74, 6) is 0.700. The van der Waals surface area contributed by atoms with Crippen LogP contribution in [0.25, 0.3) is 0 Å². The minimum absolute atomic E-state index is 0.0191. The van der Waals surface area contributed by atoms with Crippen molar-refractivity contribution in [3.63, 3.8) is 0 Å². The van der Waals surface area contributed by atoms with Crippen molar-refractivity contribution in [2.24, 2.45) is 0 Å². The summed E-state index contributed by atoms with van der Waals surface area (Å²) in [6.45, 7) is 1.59. The maximum absolute atomic E-state index is 8.95. The van der Waals surface area contributed by atoms with Crippen LogP contribution in [0.1, 0.15) is 0 Å². The Balaban J connectivity index is 2.82. The minimum Gasteiger partial charge on any atom is -0.395 e. The summed E-state index contributed by atoms with van der Waals surface area (Å²) in [6, 6.07) is 1.60. The van der Waals surface area contributed by atoms with Crippen LogP contribution in [0.3, 0.4) is 0 Å². The molecule has 6 nitrogen and oxygen atoms in total. The van der Waals surface area contributed by atoms with Crippen LogP contribution in [-0.2, 0) is 4.74 Å². The SMILES string of the molecule is COCCN(CCO)c1cc(Cl)nc(N)n1. The molecule has 0 atom stereocenters. The molecule has 0 aliphatic heterocycles. The zero-order valence-electron chi connectivity index (χ0n) is 9.06. The van der Waals surface area contributed by atoms with Gasteiger partial charge in [-0.15, -0.1) is 0 Å². The minimum atomic E-state index is 0.0191. The molecule has 0 radical (unpaired) electrons. The summed E-state index contributed by atoms with van der Waals surface area (Å²) in [5, 5.41) is 9.23. The number of aliphatic hydroxyl groups is 1. The molecule has 16 heavy (non-hydrogen) atoms. The van der Waals surface area contributed by atoms with E-state index in [9.17, 15) is 0 Å². The molecule has 0 aliphatic carbocycles. The van der Waals surface area contributed by atoms with Gasteiger partial charge in [-0.2, -0.15) is 4.98 Å². The van der Waals surface area contributed by atoms with Crippen LogP contribution in [0.5, 0.6) is 0 Å². The Bertz CT molecular complexity index is 317. The lowest BCUT2D eigenvalue weighted by molar-refractivity contribution is 0.202. The summed E-state index contributed by atoms with van der Waals surface area (Å²) in [5.41, 5.74) is 5.49.